The molecule has 7 nitrogen and oxygen atoms in total. The highest BCUT2D eigenvalue weighted by atomic mass is 16.5. The maximum Gasteiger partial charge on any atom is 0.229 e. The minimum absolute atomic E-state index is 0.0670. The van der Waals surface area contributed by atoms with Crippen LogP contribution in [0.5, 0.6) is 5.75 Å². The van der Waals surface area contributed by atoms with Crippen molar-refractivity contribution in [3.8, 4) is 5.75 Å². The molecule has 3 rings (SSSR count). The lowest BCUT2D eigenvalue weighted by atomic mass is 10.2. The molecule has 0 bridgehead atoms. The molecule has 1 amide bonds. The molecule has 0 fully saturated rings. The van der Waals surface area contributed by atoms with Gasteiger partial charge in [0.15, 0.2) is 0 Å². The van der Waals surface area contributed by atoms with Gasteiger partial charge in [0, 0.05) is 24.5 Å². The van der Waals surface area contributed by atoms with Gasteiger partial charge in [0.25, 0.3) is 0 Å². The Hall–Kier alpha value is -3.61. The first-order valence-electron chi connectivity index (χ1n) is 9.00. The van der Waals surface area contributed by atoms with E-state index in [-0.39, 0.29) is 12.0 Å². The second kappa shape index (κ2) is 8.85. The summed E-state index contributed by atoms with van der Waals surface area (Å²) in [6.45, 7) is 5.44. The Labute approximate surface area is 164 Å². The van der Waals surface area contributed by atoms with Crippen molar-refractivity contribution in [2.75, 3.05) is 16.0 Å². The van der Waals surface area contributed by atoms with Crippen LogP contribution in [0.4, 0.5) is 28.8 Å². The highest BCUT2D eigenvalue weighted by molar-refractivity contribution is 5.88. The highest BCUT2D eigenvalue weighted by Crippen LogP contribution is 2.27. The van der Waals surface area contributed by atoms with Crippen LogP contribution in [0, 0.1) is 0 Å². The molecular formula is C21H23N5O2. The SMILES string of the molecule is CC(=O)Nc1ccc(Nc2ccnc(Nc3ccccc3OC(C)C)n2)cc1. The number of nitrogens with one attached hydrogen (secondary N) is 3. The molecule has 144 valence electrons. The molecule has 3 aromatic rings. The summed E-state index contributed by atoms with van der Waals surface area (Å²) in [6.07, 6.45) is 1.74. The second-order valence-electron chi connectivity index (χ2n) is 6.44. The predicted octanol–water partition coefficient (Wildman–Crippen LogP) is 4.71. The van der Waals surface area contributed by atoms with E-state index < -0.39 is 0 Å². The minimum Gasteiger partial charge on any atom is -0.489 e. The van der Waals surface area contributed by atoms with Gasteiger partial charge in [0.1, 0.15) is 11.6 Å². The highest BCUT2D eigenvalue weighted by Gasteiger charge is 2.07. The summed E-state index contributed by atoms with van der Waals surface area (Å²) in [5.41, 5.74) is 2.39. The van der Waals surface area contributed by atoms with Gasteiger partial charge in [-0.15, -0.1) is 0 Å². The zero-order valence-electron chi connectivity index (χ0n) is 16.1. The molecule has 0 aliphatic heterocycles. The molecule has 0 radical (unpaired) electrons. The molecule has 0 unspecified atom stereocenters. The summed E-state index contributed by atoms with van der Waals surface area (Å²) < 4.78 is 5.82. The smallest absolute Gasteiger partial charge is 0.229 e. The standard InChI is InChI=1S/C21H23N5O2/c1-14(2)28-19-7-5-4-6-18(19)25-21-22-13-12-20(26-21)24-17-10-8-16(9-11-17)23-15(3)27/h4-14H,1-3H3,(H,23,27)(H2,22,24,25,26). The van der Waals surface area contributed by atoms with E-state index in [0.29, 0.717) is 11.8 Å². The quantitative estimate of drug-likeness (QED) is 0.553. The molecule has 3 N–H and O–H groups in total. The Kier molecular flexibility index (Phi) is 6.06. The molecule has 2 aromatic carbocycles. The number of carbonyl (C=O) groups excluding carboxylic acids is 1. The Balaban J connectivity index is 1.72. The first-order chi connectivity index (χ1) is 13.5. The van der Waals surface area contributed by atoms with Crippen molar-refractivity contribution in [1.29, 1.82) is 0 Å². The van der Waals surface area contributed by atoms with Gasteiger partial charge in [-0.25, -0.2) is 4.98 Å². The Morgan fingerprint density at radius 2 is 1.68 bits per heavy atom. The number of hydrogen-bond donors (Lipinski definition) is 3. The first-order valence-corrected chi connectivity index (χ1v) is 9.00. The maximum atomic E-state index is 11.1. The fourth-order valence-electron chi connectivity index (χ4n) is 2.52. The normalized spacial score (nSPS) is 10.4. The Morgan fingerprint density at radius 3 is 2.39 bits per heavy atom. The zero-order chi connectivity index (χ0) is 19.9. The van der Waals surface area contributed by atoms with E-state index in [1.54, 1.807) is 12.3 Å². The minimum atomic E-state index is -0.103. The molecular weight excluding hydrogens is 354 g/mol. The number of hydrogen-bond acceptors (Lipinski definition) is 6. The second-order valence-corrected chi connectivity index (χ2v) is 6.44. The van der Waals surface area contributed by atoms with Gasteiger partial charge in [-0.3, -0.25) is 4.79 Å². The van der Waals surface area contributed by atoms with Crippen molar-refractivity contribution < 1.29 is 9.53 Å². The van der Waals surface area contributed by atoms with Crippen LogP contribution in [-0.2, 0) is 4.79 Å². The van der Waals surface area contributed by atoms with E-state index in [9.17, 15) is 4.79 Å². The molecule has 0 aliphatic carbocycles. The monoisotopic (exact) mass is 377 g/mol. The Bertz CT molecular complexity index is 942. The van der Waals surface area contributed by atoms with E-state index in [1.165, 1.54) is 6.92 Å². The molecule has 28 heavy (non-hydrogen) atoms. The fraction of sp³-hybridized carbons (Fsp3) is 0.190. The van der Waals surface area contributed by atoms with E-state index in [4.69, 9.17) is 4.74 Å². The van der Waals surface area contributed by atoms with Gasteiger partial charge in [0.2, 0.25) is 11.9 Å². The van der Waals surface area contributed by atoms with Gasteiger partial charge in [-0.05, 0) is 56.3 Å². The zero-order valence-corrected chi connectivity index (χ0v) is 16.1. The van der Waals surface area contributed by atoms with Crippen LogP contribution in [0.2, 0.25) is 0 Å². The third-order valence-electron chi connectivity index (χ3n) is 3.63. The van der Waals surface area contributed by atoms with Gasteiger partial charge in [0.05, 0.1) is 11.8 Å². The lowest BCUT2D eigenvalue weighted by molar-refractivity contribution is -0.114. The average Bonchev–Trinajstić information content (AvgIpc) is 2.64. The summed E-state index contributed by atoms with van der Waals surface area (Å²) in [5, 5.41) is 9.16. The number of carbonyl (C=O) groups is 1. The van der Waals surface area contributed by atoms with Crippen molar-refractivity contribution in [3.05, 3.63) is 60.8 Å². The number of ether oxygens (including phenoxy) is 1. The molecule has 0 saturated carbocycles. The van der Waals surface area contributed by atoms with Crippen molar-refractivity contribution in [1.82, 2.24) is 9.97 Å². The fourth-order valence-corrected chi connectivity index (χ4v) is 2.52. The van der Waals surface area contributed by atoms with Crippen molar-refractivity contribution in [2.24, 2.45) is 0 Å². The number of benzene rings is 2. The number of nitrogens with zero attached hydrogens (tertiary/aromatic N) is 2. The number of rotatable bonds is 7. The molecule has 0 aliphatic rings. The molecule has 1 aromatic heterocycles. The van der Waals surface area contributed by atoms with Crippen LogP contribution in [-0.4, -0.2) is 22.0 Å². The van der Waals surface area contributed by atoms with E-state index in [2.05, 4.69) is 25.9 Å². The number of aromatic nitrogens is 2. The predicted molar refractivity (Wildman–Crippen MR) is 112 cm³/mol. The third kappa shape index (κ3) is 5.44. The van der Waals surface area contributed by atoms with Gasteiger partial charge < -0.3 is 20.7 Å². The van der Waals surface area contributed by atoms with Crippen LogP contribution in [0.25, 0.3) is 0 Å². The number of anilines is 5. The van der Waals surface area contributed by atoms with E-state index in [0.717, 1.165) is 22.8 Å². The average molecular weight is 377 g/mol. The lowest BCUT2D eigenvalue weighted by Crippen LogP contribution is -2.08. The van der Waals surface area contributed by atoms with E-state index >= 15 is 0 Å². The molecule has 0 atom stereocenters. The summed E-state index contributed by atoms with van der Waals surface area (Å²) in [4.78, 5) is 19.9. The maximum absolute atomic E-state index is 11.1. The van der Waals surface area contributed by atoms with Crippen LogP contribution in [0.1, 0.15) is 20.8 Å². The van der Waals surface area contributed by atoms with Crippen LogP contribution >= 0.6 is 0 Å². The van der Waals surface area contributed by atoms with E-state index in [1.807, 2.05) is 62.4 Å². The van der Waals surface area contributed by atoms with Crippen molar-refractivity contribution >= 4 is 34.7 Å². The summed E-state index contributed by atoms with van der Waals surface area (Å²) >= 11 is 0. The molecule has 0 spiro atoms. The van der Waals surface area contributed by atoms with Gasteiger partial charge in [-0.2, -0.15) is 4.98 Å². The molecule has 0 saturated heterocycles. The Morgan fingerprint density at radius 1 is 0.964 bits per heavy atom. The van der Waals surface area contributed by atoms with Gasteiger partial charge in [-0.1, -0.05) is 12.1 Å². The summed E-state index contributed by atoms with van der Waals surface area (Å²) in [6, 6.07) is 16.8. The third-order valence-corrected chi connectivity index (χ3v) is 3.63. The van der Waals surface area contributed by atoms with Crippen LogP contribution < -0.4 is 20.7 Å². The number of para-hydroxylation sites is 2. The largest absolute Gasteiger partial charge is 0.489 e. The summed E-state index contributed by atoms with van der Waals surface area (Å²) in [7, 11) is 0. The van der Waals surface area contributed by atoms with Gasteiger partial charge >= 0.3 is 0 Å². The number of amides is 1. The summed E-state index contributed by atoms with van der Waals surface area (Å²) in [5.74, 6) is 1.74. The van der Waals surface area contributed by atoms with Crippen molar-refractivity contribution in [2.45, 2.75) is 26.9 Å². The van der Waals surface area contributed by atoms with Crippen molar-refractivity contribution in [3.63, 3.8) is 0 Å². The van der Waals surface area contributed by atoms with Crippen LogP contribution in [0.15, 0.2) is 60.8 Å². The molecule has 7 heteroatoms. The topological polar surface area (TPSA) is 88.2 Å². The molecule has 1 heterocycles. The van der Waals surface area contributed by atoms with Crippen LogP contribution in [0.3, 0.4) is 0 Å². The lowest BCUT2D eigenvalue weighted by Gasteiger charge is -2.15. The first kappa shape index (κ1) is 19.2.